The largest absolute Gasteiger partial charge is 0.481 e. The highest BCUT2D eigenvalue weighted by molar-refractivity contribution is 6.28. The fraction of sp³-hybridized carbons (Fsp3) is 0.267. The van der Waals surface area contributed by atoms with Crippen molar-refractivity contribution in [2.24, 2.45) is 0 Å². The van der Waals surface area contributed by atoms with Crippen LogP contribution < -0.4 is 0 Å². The maximum atomic E-state index is 10.5. The van der Waals surface area contributed by atoms with Gasteiger partial charge in [0.15, 0.2) is 11.2 Å². The van der Waals surface area contributed by atoms with Crippen molar-refractivity contribution in [2.75, 3.05) is 0 Å². The molecule has 8 heteroatoms. The number of carboxylic acid groups (broad SMARTS) is 1. The summed E-state index contributed by atoms with van der Waals surface area (Å²) in [7, 11) is 0. The minimum atomic E-state index is -0.751. The SMILES string of the molecule is O=C(O)CCCCc1ccc(-n2nnc3cnc(Cl)nc32)cc1. The third-order valence-corrected chi connectivity index (χ3v) is 3.63. The second-order valence-electron chi connectivity index (χ2n) is 5.12. The standard InChI is InChI=1S/C15H14ClN5O2/c16-15-17-9-12-14(18-15)21(20-19-12)11-7-5-10(6-8-11)3-1-2-4-13(22)23/h5-9H,1-4H2,(H,22,23). The summed E-state index contributed by atoms with van der Waals surface area (Å²) in [6.45, 7) is 0. The van der Waals surface area contributed by atoms with Crippen LogP contribution in [0.15, 0.2) is 30.5 Å². The van der Waals surface area contributed by atoms with Gasteiger partial charge in [-0.05, 0) is 48.6 Å². The van der Waals surface area contributed by atoms with Gasteiger partial charge in [0.25, 0.3) is 0 Å². The van der Waals surface area contributed by atoms with E-state index in [2.05, 4.69) is 20.3 Å². The van der Waals surface area contributed by atoms with Gasteiger partial charge in [0, 0.05) is 6.42 Å². The van der Waals surface area contributed by atoms with Gasteiger partial charge < -0.3 is 5.11 Å². The van der Waals surface area contributed by atoms with Gasteiger partial charge in [-0.3, -0.25) is 4.79 Å². The molecule has 0 aliphatic heterocycles. The van der Waals surface area contributed by atoms with Crippen molar-refractivity contribution < 1.29 is 9.90 Å². The second-order valence-corrected chi connectivity index (χ2v) is 5.45. The van der Waals surface area contributed by atoms with E-state index < -0.39 is 5.97 Å². The summed E-state index contributed by atoms with van der Waals surface area (Å²) in [5.74, 6) is -0.751. The monoisotopic (exact) mass is 331 g/mol. The number of rotatable bonds is 6. The summed E-state index contributed by atoms with van der Waals surface area (Å²) in [5.41, 5.74) is 3.11. The number of unbranched alkanes of at least 4 members (excludes halogenated alkanes) is 1. The fourth-order valence-corrected chi connectivity index (χ4v) is 2.42. The molecule has 3 rings (SSSR count). The maximum absolute atomic E-state index is 10.5. The molecular formula is C15H14ClN5O2. The molecule has 0 unspecified atom stereocenters. The summed E-state index contributed by atoms with van der Waals surface area (Å²) >= 11 is 5.82. The number of carbonyl (C=O) groups is 1. The highest BCUT2D eigenvalue weighted by atomic mass is 35.5. The molecular weight excluding hydrogens is 318 g/mol. The molecule has 0 radical (unpaired) electrons. The summed E-state index contributed by atoms with van der Waals surface area (Å²) < 4.78 is 1.61. The number of hydrogen-bond acceptors (Lipinski definition) is 5. The van der Waals surface area contributed by atoms with Crippen LogP contribution in [0, 0.1) is 0 Å². The predicted molar refractivity (Wildman–Crippen MR) is 84.7 cm³/mol. The molecule has 1 aromatic carbocycles. The van der Waals surface area contributed by atoms with Gasteiger partial charge in [-0.15, -0.1) is 5.10 Å². The lowest BCUT2D eigenvalue weighted by atomic mass is 10.1. The van der Waals surface area contributed by atoms with E-state index in [1.165, 1.54) is 6.20 Å². The zero-order chi connectivity index (χ0) is 16.2. The molecule has 0 amide bonds. The highest BCUT2D eigenvalue weighted by Gasteiger charge is 2.09. The van der Waals surface area contributed by atoms with E-state index in [4.69, 9.17) is 16.7 Å². The fourth-order valence-electron chi connectivity index (χ4n) is 2.29. The Kier molecular flexibility index (Phi) is 4.47. The Morgan fingerprint density at radius 1 is 1.22 bits per heavy atom. The third kappa shape index (κ3) is 3.62. The average Bonchev–Trinajstić information content (AvgIpc) is 2.95. The molecule has 0 fully saturated rings. The quantitative estimate of drug-likeness (QED) is 0.551. The summed E-state index contributed by atoms with van der Waals surface area (Å²) in [4.78, 5) is 18.5. The van der Waals surface area contributed by atoms with E-state index in [9.17, 15) is 4.79 Å². The third-order valence-electron chi connectivity index (χ3n) is 3.45. The number of hydrogen-bond donors (Lipinski definition) is 1. The number of aromatic nitrogens is 5. The first-order valence-electron chi connectivity index (χ1n) is 7.18. The van der Waals surface area contributed by atoms with Crippen LogP contribution in [0.4, 0.5) is 0 Å². The first-order valence-corrected chi connectivity index (χ1v) is 7.56. The van der Waals surface area contributed by atoms with Crippen LogP contribution in [0.2, 0.25) is 5.28 Å². The smallest absolute Gasteiger partial charge is 0.303 e. The van der Waals surface area contributed by atoms with Gasteiger partial charge in [0.1, 0.15) is 0 Å². The zero-order valence-corrected chi connectivity index (χ0v) is 12.9. The summed E-state index contributed by atoms with van der Waals surface area (Å²) in [5, 5.41) is 16.9. The number of nitrogens with zero attached hydrogens (tertiary/aromatic N) is 5. The Morgan fingerprint density at radius 3 is 2.74 bits per heavy atom. The molecule has 3 aromatic rings. The molecule has 2 aromatic heterocycles. The molecule has 0 aliphatic rings. The van der Waals surface area contributed by atoms with E-state index in [0.717, 1.165) is 24.1 Å². The van der Waals surface area contributed by atoms with Crippen LogP contribution >= 0.6 is 11.6 Å². The lowest BCUT2D eigenvalue weighted by molar-refractivity contribution is -0.137. The molecule has 118 valence electrons. The number of carboxylic acids is 1. The molecule has 1 N–H and O–H groups in total. The normalized spacial score (nSPS) is 11.0. The Bertz CT molecular complexity index is 832. The Morgan fingerprint density at radius 2 is 2.00 bits per heavy atom. The molecule has 0 bridgehead atoms. The molecule has 23 heavy (non-hydrogen) atoms. The van der Waals surface area contributed by atoms with Crippen molar-refractivity contribution in [1.29, 1.82) is 0 Å². The van der Waals surface area contributed by atoms with E-state index in [1.54, 1.807) is 4.68 Å². The maximum Gasteiger partial charge on any atom is 0.303 e. The van der Waals surface area contributed by atoms with Crippen molar-refractivity contribution in [1.82, 2.24) is 25.0 Å². The van der Waals surface area contributed by atoms with Crippen LogP contribution in [0.5, 0.6) is 0 Å². The van der Waals surface area contributed by atoms with E-state index in [-0.39, 0.29) is 11.7 Å². The van der Waals surface area contributed by atoms with Crippen molar-refractivity contribution in [3.63, 3.8) is 0 Å². The molecule has 2 heterocycles. The minimum Gasteiger partial charge on any atom is -0.481 e. The molecule has 0 saturated carbocycles. The number of aryl methyl sites for hydroxylation is 1. The van der Waals surface area contributed by atoms with E-state index >= 15 is 0 Å². The topological polar surface area (TPSA) is 93.8 Å². The van der Waals surface area contributed by atoms with Gasteiger partial charge in [-0.2, -0.15) is 9.67 Å². The van der Waals surface area contributed by atoms with Crippen molar-refractivity contribution in [3.8, 4) is 5.69 Å². The van der Waals surface area contributed by atoms with Crippen LogP contribution in [-0.4, -0.2) is 36.0 Å². The predicted octanol–water partition coefficient (Wildman–Crippen LogP) is 2.66. The van der Waals surface area contributed by atoms with Gasteiger partial charge in [0.05, 0.1) is 11.9 Å². The van der Waals surface area contributed by atoms with Gasteiger partial charge >= 0.3 is 5.97 Å². The zero-order valence-electron chi connectivity index (χ0n) is 12.2. The first kappa shape index (κ1) is 15.4. The Balaban J connectivity index is 1.73. The summed E-state index contributed by atoms with van der Waals surface area (Å²) in [6.07, 6.45) is 4.12. The van der Waals surface area contributed by atoms with Crippen LogP contribution in [0.1, 0.15) is 24.8 Å². The lowest BCUT2D eigenvalue weighted by Crippen LogP contribution is -1.99. The van der Waals surface area contributed by atoms with Crippen LogP contribution in [0.3, 0.4) is 0 Å². The molecule has 0 saturated heterocycles. The average molecular weight is 332 g/mol. The van der Waals surface area contributed by atoms with Crippen molar-refractivity contribution in [2.45, 2.75) is 25.7 Å². The Hall–Kier alpha value is -2.54. The van der Waals surface area contributed by atoms with Gasteiger partial charge in [-0.1, -0.05) is 17.3 Å². The van der Waals surface area contributed by atoms with Crippen molar-refractivity contribution >= 4 is 28.7 Å². The van der Waals surface area contributed by atoms with Crippen LogP contribution in [0.25, 0.3) is 16.9 Å². The second kappa shape index (κ2) is 6.70. The molecule has 0 atom stereocenters. The number of aliphatic carboxylic acids is 1. The van der Waals surface area contributed by atoms with Crippen LogP contribution in [-0.2, 0) is 11.2 Å². The first-order chi connectivity index (χ1) is 11.1. The molecule has 7 nitrogen and oxygen atoms in total. The van der Waals surface area contributed by atoms with Gasteiger partial charge in [-0.25, -0.2) is 4.98 Å². The number of benzene rings is 1. The van der Waals surface area contributed by atoms with E-state index in [1.807, 2.05) is 24.3 Å². The summed E-state index contributed by atoms with van der Waals surface area (Å²) in [6, 6.07) is 7.84. The van der Waals surface area contributed by atoms with Crippen molar-refractivity contribution in [3.05, 3.63) is 41.3 Å². The molecule has 0 aliphatic carbocycles. The van der Waals surface area contributed by atoms with Gasteiger partial charge in [0.2, 0.25) is 5.28 Å². The van der Waals surface area contributed by atoms with E-state index in [0.29, 0.717) is 17.6 Å². The number of fused-ring (bicyclic) bond motifs is 1. The number of halogens is 1. The molecule has 0 spiro atoms. The minimum absolute atomic E-state index is 0.149. The lowest BCUT2D eigenvalue weighted by Gasteiger charge is -2.04. The highest BCUT2D eigenvalue weighted by Crippen LogP contribution is 2.16. The Labute approximate surface area is 136 Å².